The second-order valence-corrected chi connectivity index (χ2v) is 4.62. The lowest BCUT2D eigenvalue weighted by molar-refractivity contribution is -0.137. The Kier molecular flexibility index (Phi) is 3.87. The number of halogens is 3. The average Bonchev–Trinajstić information content (AvgIpc) is 2.26. The van der Waals surface area contributed by atoms with Crippen molar-refractivity contribution >= 4 is 0 Å². The fraction of sp³-hybridized carbons (Fsp3) is 0.538. The first-order chi connectivity index (χ1) is 7.71. The van der Waals surface area contributed by atoms with Gasteiger partial charge >= 0.3 is 6.18 Å². The van der Waals surface area contributed by atoms with Gasteiger partial charge in [-0.3, -0.25) is 0 Å². The van der Waals surface area contributed by atoms with E-state index in [9.17, 15) is 13.2 Å². The largest absolute Gasteiger partial charge is 0.416 e. The van der Waals surface area contributed by atoms with Gasteiger partial charge in [0, 0.05) is 5.54 Å². The molecule has 0 amide bonds. The summed E-state index contributed by atoms with van der Waals surface area (Å²) < 4.78 is 37.3. The van der Waals surface area contributed by atoms with E-state index in [1.54, 1.807) is 0 Å². The molecular weight excluding hydrogens is 227 g/mol. The Balaban J connectivity index is 3.10. The van der Waals surface area contributed by atoms with Gasteiger partial charge in [0.1, 0.15) is 0 Å². The molecule has 1 aromatic carbocycles. The molecule has 0 bridgehead atoms. The lowest BCUT2D eigenvalue weighted by Crippen LogP contribution is -2.41. The van der Waals surface area contributed by atoms with Crippen LogP contribution in [0.4, 0.5) is 13.2 Å². The SMILES string of the molecule is CCC(N)(c1ccc(C(F)(F)F)cc1)C(C)C. The van der Waals surface area contributed by atoms with Crippen LogP contribution in [-0.2, 0) is 11.7 Å². The number of benzene rings is 1. The first-order valence-corrected chi connectivity index (χ1v) is 5.68. The molecule has 0 spiro atoms. The van der Waals surface area contributed by atoms with Crippen molar-refractivity contribution in [2.75, 3.05) is 0 Å². The molecule has 0 heterocycles. The minimum absolute atomic E-state index is 0.171. The highest BCUT2D eigenvalue weighted by molar-refractivity contribution is 5.30. The average molecular weight is 245 g/mol. The minimum Gasteiger partial charge on any atom is -0.321 e. The summed E-state index contributed by atoms with van der Waals surface area (Å²) in [4.78, 5) is 0. The molecule has 1 nitrogen and oxygen atoms in total. The van der Waals surface area contributed by atoms with Crippen molar-refractivity contribution < 1.29 is 13.2 Å². The predicted molar refractivity (Wildman–Crippen MR) is 62.4 cm³/mol. The zero-order chi connectivity index (χ0) is 13.3. The summed E-state index contributed by atoms with van der Waals surface area (Å²) in [5.74, 6) is 0.171. The molecule has 0 saturated heterocycles. The fourth-order valence-electron chi connectivity index (χ4n) is 1.92. The highest BCUT2D eigenvalue weighted by atomic mass is 19.4. The number of rotatable bonds is 3. The summed E-state index contributed by atoms with van der Waals surface area (Å²) in [6, 6.07) is 5.14. The molecule has 4 heteroatoms. The number of hydrogen-bond donors (Lipinski definition) is 1. The maximum Gasteiger partial charge on any atom is 0.416 e. The molecule has 0 saturated carbocycles. The van der Waals surface area contributed by atoms with Gasteiger partial charge < -0.3 is 5.73 Å². The minimum atomic E-state index is -4.29. The van der Waals surface area contributed by atoms with E-state index in [2.05, 4.69) is 0 Å². The molecule has 1 atom stereocenters. The van der Waals surface area contributed by atoms with E-state index in [0.717, 1.165) is 17.7 Å². The van der Waals surface area contributed by atoms with Crippen LogP contribution in [0.25, 0.3) is 0 Å². The lowest BCUT2D eigenvalue weighted by atomic mass is 9.78. The van der Waals surface area contributed by atoms with Crippen LogP contribution in [0.15, 0.2) is 24.3 Å². The molecule has 2 N–H and O–H groups in total. The standard InChI is InChI=1S/C13H18F3N/c1-4-12(17,9(2)3)10-5-7-11(8-6-10)13(14,15)16/h5-9H,4,17H2,1-3H3. The summed E-state index contributed by atoms with van der Waals surface area (Å²) in [5, 5.41) is 0. The first kappa shape index (κ1) is 14.0. The summed E-state index contributed by atoms with van der Waals surface area (Å²) in [5.41, 5.74) is 5.79. The van der Waals surface area contributed by atoms with Crippen molar-refractivity contribution in [2.24, 2.45) is 11.7 Å². The smallest absolute Gasteiger partial charge is 0.321 e. The van der Waals surface area contributed by atoms with Crippen LogP contribution < -0.4 is 5.73 Å². The van der Waals surface area contributed by atoms with Crippen molar-refractivity contribution in [1.82, 2.24) is 0 Å². The van der Waals surface area contributed by atoms with Gasteiger partial charge in [-0.25, -0.2) is 0 Å². The zero-order valence-corrected chi connectivity index (χ0v) is 10.3. The van der Waals surface area contributed by atoms with Crippen LogP contribution in [0.1, 0.15) is 38.3 Å². The summed E-state index contributed by atoms with van der Waals surface area (Å²) in [6.45, 7) is 5.89. The molecule has 17 heavy (non-hydrogen) atoms. The molecule has 0 fully saturated rings. The Hall–Kier alpha value is -1.03. The van der Waals surface area contributed by atoms with Crippen LogP contribution in [0.5, 0.6) is 0 Å². The molecule has 1 rings (SSSR count). The summed E-state index contributed by atoms with van der Waals surface area (Å²) >= 11 is 0. The molecule has 0 aromatic heterocycles. The van der Waals surface area contributed by atoms with Gasteiger partial charge in [-0.05, 0) is 30.0 Å². The van der Waals surface area contributed by atoms with Gasteiger partial charge in [-0.2, -0.15) is 13.2 Å². The van der Waals surface area contributed by atoms with Gasteiger partial charge in [0.25, 0.3) is 0 Å². The van der Waals surface area contributed by atoms with Crippen molar-refractivity contribution in [3.8, 4) is 0 Å². The maximum absolute atomic E-state index is 12.4. The summed E-state index contributed by atoms with van der Waals surface area (Å²) in [7, 11) is 0. The second-order valence-electron chi connectivity index (χ2n) is 4.62. The molecule has 0 radical (unpaired) electrons. The van der Waals surface area contributed by atoms with Gasteiger partial charge in [-0.15, -0.1) is 0 Å². The number of nitrogens with two attached hydrogens (primary N) is 1. The van der Waals surface area contributed by atoms with E-state index in [1.807, 2.05) is 20.8 Å². The molecular formula is C13H18F3N. The normalized spacial score (nSPS) is 16.0. The third-order valence-corrected chi connectivity index (χ3v) is 3.36. The Morgan fingerprint density at radius 2 is 1.47 bits per heavy atom. The van der Waals surface area contributed by atoms with Gasteiger partial charge in [0.15, 0.2) is 0 Å². The van der Waals surface area contributed by atoms with E-state index in [-0.39, 0.29) is 5.92 Å². The zero-order valence-electron chi connectivity index (χ0n) is 10.3. The molecule has 0 aliphatic carbocycles. The van der Waals surface area contributed by atoms with E-state index in [0.29, 0.717) is 6.42 Å². The molecule has 0 aliphatic heterocycles. The third-order valence-electron chi connectivity index (χ3n) is 3.36. The van der Waals surface area contributed by atoms with Gasteiger partial charge in [0.2, 0.25) is 0 Å². The van der Waals surface area contributed by atoms with Crippen LogP contribution in [0.2, 0.25) is 0 Å². The monoisotopic (exact) mass is 245 g/mol. The predicted octanol–water partition coefficient (Wildman–Crippen LogP) is 3.93. The van der Waals surface area contributed by atoms with E-state index in [1.165, 1.54) is 12.1 Å². The maximum atomic E-state index is 12.4. The summed E-state index contributed by atoms with van der Waals surface area (Å²) in [6.07, 6.45) is -3.60. The molecule has 0 aliphatic rings. The van der Waals surface area contributed by atoms with Crippen molar-refractivity contribution in [2.45, 2.75) is 38.9 Å². The Morgan fingerprint density at radius 1 is 1.06 bits per heavy atom. The lowest BCUT2D eigenvalue weighted by Gasteiger charge is -2.33. The second kappa shape index (κ2) is 4.69. The first-order valence-electron chi connectivity index (χ1n) is 5.68. The highest BCUT2D eigenvalue weighted by Crippen LogP contribution is 2.33. The fourth-order valence-corrected chi connectivity index (χ4v) is 1.92. The number of hydrogen-bond acceptors (Lipinski definition) is 1. The van der Waals surface area contributed by atoms with E-state index in [4.69, 9.17) is 5.73 Å². The topological polar surface area (TPSA) is 26.0 Å². The number of alkyl halides is 3. The van der Waals surface area contributed by atoms with Crippen LogP contribution in [-0.4, -0.2) is 0 Å². The quantitative estimate of drug-likeness (QED) is 0.858. The highest BCUT2D eigenvalue weighted by Gasteiger charge is 2.33. The van der Waals surface area contributed by atoms with Crippen LogP contribution >= 0.6 is 0 Å². The van der Waals surface area contributed by atoms with Crippen molar-refractivity contribution in [1.29, 1.82) is 0 Å². The molecule has 96 valence electrons. The molecule has 1 aromatic rings. The van der Waals surface area contributed by atoms with E-state index >= 15 is 0 Å². The van der Waals surface area contributed by atoms with E-state index < -0.39 is 17.3 Å². The van der Waals surface area contributed by atoms with Crippen LogP contribution in [0.3, 0.4) is 0 Å². The Morgan fingerprint density at radius 3 is 1.76 bits per heavy atom. The Labute approximate surface area is 99.8 Å². The third kappa shape index (κ3) is 2.80. The van der Waals surface area contributed by atoms with Gasteiger partial charge in [0.05, 0.1) is 5.56 Å². The van der Waals surface area contributed by atoms with Gasteiger partial charge in [-0.1, -0.05) is 32.9 Å². The van der Waals surface area contributed by atoms with Crippen LogP contribution in [0, 0.1) is 5.92 Å². The molecule has 1 unspecified atom stereocenters. The van der Waals surface area contributed by atoms with Crippen molar-refractivity contribution in [3.63, 3.8) is 0 Å². The van der Waals surface area contributed by atoms with Crippen molar-refractivity contribution in [3.05, 3.63) is 35.4 Å². The Bertz CT molecular complexity index is 367.